The van der Waals surface area contributed by atoms with E-state index in [1.807, 2.05) is 12.3 Å². The lowest BCUT2D eigenvalue weighted by molar-refractivity contribution is 0.273. The maximum absolute atomic E-state index is 13.6. The highest BCUT2D eigenvalue weighted by molar-refractivity contribution is 7.09. The van der Waals surface area contributed by atoms with Crippen LogP contribution in [0, 0.1) is 18.6 Å². The fourth-order valence-electron chi connectivity index (χ4n) is 1.43. The molecule has 0 unspecified atom stereocenters. The number of benzene rings is 1. The minimum absolute atomic E-state index is 0.0482. The summed E-state index contributed by atoms with van der Waals surface area (Å²) in [6.07, 6.45) is 0. The molecule has 0 spiro atoms. The molecule has 96 valence electrons. The quantitative estimate of drug-likeness (QED) is 0.792. The second kappa shape index (κ2) is 5.63. The van der Waals surface area contributed by atoms with Gasteiger partial charge in [-0.1, -0.05) is 0 Å². The number of thiazole rings is 1. The van der Waals surface area contributed by atoms with Crippen molar-refractivity contribution < 1.29 is 13.5 Å². The first kappa shape index (κ1) is 13.2. The number of hydrogen-bond donors (Lipinski definition) is 0. The summed E-state index contributed by atoms with van der Waals surface area (Å²) in [6.45, 7) is 1.89. The van der Waals surface area contributed by atoms with Crippen LogP contribution in [0.15, 0.2) is 17.5 Å². The van der Waals surface area contributed by atoms with Gasteiger partial charge in [0.05, 0.1) is 0 Å². The van der Waals surface area contributed by atoms with E-state index in [1.54, 1.807) is 0 Å². The number of halogens is 3. The molecule has 0 aliphatic carbocycles. The average Bonchev–Trinajstić information content (AvgIpc) is 2.73. The molecule has 2 aromatic rings. The van der Waals surface area contributed by atoms with E-state index in [0.29, 0.717) is 10.6 Å². The molecule has 2 nitrogen and oxygen atoms in total. The first-order valence-corrected chi connectivity index (χ1v) is 6.59. The summed E-state index contributed by atoms with van der Waals surface area (Å²) in [5, 5.41) is 2.52. The van der Waals surface area contributed by atoms with Crippen molar-refractivity contribution in [2.45, 2.75) is 19.4 Å². The number of alkyl halides is 1. The molecule has 2 rings (SSSR count). The van der Waals surface area contributed by atoms with Crippen LogP contribution in [0.4, 0.5) is 8.78 Å². The third-order valence-electron chi connectivity index (χ3n) is 2.22. The van der Waals surface area contributed by atoms with Crippen LogP contribution in [0.25, 0.3) is 0 Å². The van der Waals surface area contributed by atoms with Gasteiger partial charge in [-0.05, 0) is 24.6 Å². The number of nitrogens with zero attached hydrogens (tertiary/aromatic N) is 1. The fraction of sp³-hybridized carbons (Fsp3) is 0.250. The van der Waals surface area contributed by atoms with E-state index in [9.17, 15) is 8.78 Å². The molecule has 1 aromatic heterocycles. The number of rotatable bonds is 4. The van der Waals surface area contributed by atoms with Gasteiger partial charge in [-0.15, -0.1) is 22.9 Å². The first-order valence-electron chi connectivity index (χ1n) is 5.18. The Hall–Kier alpha value is -1.20. The molecule has 0 radical (unpaired) electrons. The van der Waals surface area contributed by atoms with Crippen LogP contribution in [0.5, 0.6) is 5.75 Å². The zero-order valence-corrected chi connectivity index (χ0v) is 11.1. The summed E-state index contributed by atoms with van der Waals surface area (Å²) in [5.41, 5.74) is 1.24. The van der Waals surface area contributed by atoms with Crippen LogP contribution in [0.3, 0.4) is 0 Å². The second-order valence-corrected chi connectivity index (χ2v) is 4.90. The molecule has 0 fully saturated rings. The van der Waals surface area contributed by atoms with E-state index in [2.05, 4.69) is 4.98 Å². The molecule has 0 atom stereocenters. The van der Waals surface area contributed by atoms with Gasteiger partial charge in [0.25, 0.3) is 0 Å². The highest BCUT2D eigenvalue weighted by Gasteiger charge is 2.13. The Morgan fingerprint density at radius 2 is 2.00 bits per heavy atom. The largest absolute Gasteiger partial charge is 0.480 e. The second-order valence-electron chi connectivity index (χ2n) is 3.69. The number of aromatic nitrogens is 1. The molecule has 6 heteroatoms. The summed E-state index contributed by atoms with van der Waals surface area (Å²) in [6, 6.07) is 2.33. The van der Waals surface area contributed by atoms with Gasteiger partial charge in [-0.25, -0.2) is 13.8 Å². The van der Waals surface area contributed by atoms with E-state index < -0.39 is 17.4 Å². The lowest BCUT2D eigenvalue weighted by Crippen LogP contribution is -2.00. The van der Waals surface area contributed by atoms with Gasteiger partial charge in [-0.3, -0.25) is 0 Å². The summed E-state index contributed by atoms with van der Waals surface area (Å²) < 4.78 is 32.3. The first-order chi connectivity index (χ1) is 8.60. The minimum atomic E-state index is -0.751. The zero-order valence-electron chi connectivity index (χ0n) is 9.54. The Bertz CT molecular complexity index is 536. The van der Waals surface area contributed by atoms with Gasteiger partial charge in [0.1, 0.15) is 11.6 Å². The molecule has 18 heavy (non-hydrogen) atoms. The molecule has 0 aliphatic rings. The predicted octanol–water partition coefficient (Wildman–Crippen LogP) is 4.05. The summed E-state index contributed by atoms with van der Waals surface area (Å²) in [5.74, 6) is -1.84. The van der Waals surface area contributed by atoms with Crippen molar-refractivity contribution in [3.8, 4) is 5.75 Å². The molecule has 0 saturated heterocycles. The Kier molecular flexibility index (Phi) is 4.14. The standard InChI is InChI=1S/C12H10ClF2NOS/c1-7-6-18-11(16-7)5-17-12-9(14)2-8(4-13)3-10(12)15/h2-3,6H,4-5H2,1H3. The highest BCUT2D eigenvalue weighted by atomic mass is 35.5. The Balaban J connectivity index is 2.14. The zero-order chi connectivity index (χ0) is 13.1. The SMILES string of the molecule is Cc1csc(COc2c(F)cc(CCl)cc2F)n1. The van der Waals surface area contributed by atoms with Crippen LogP contribution in [-0.4, -0.2) is 4.98 Å². The van der Waals surface area contributed by atoms with Crippen molar-refractivity contribution in [1.29, 1.82) is 0 Å². The van der Waals surface area contributed by atoms with Gasteiger partial charge < -0.3 is 4.74 Å². The third kappa shape index (κ3) is 2.97. The van der Waals surface area contributed by atoms with Crippen molar-refractivity contribution in [2.24, 2.45) is 0 Å². The molecular formula is C12H10ClF2NOS. The molecule has 1 heterocycles. The van der Waals surface area contributed by atoms with Gasteiger partial charge in [0.15, 0.2) is 17.4 Å². The topological polar surface area (TPSA) is 22.1 Å². The van der Waals surface area contributed by atoms with Crippen molar-refractivity contribution in [3.63, 3.8) is 0 Å². The Labute approximate surface area is 112 Å². The van der Waals surface area contributed by atoms with Crippen molar-refractivity contribution in [2.75, 3.05) is 0 Å². The van der Waals surface area contributed by atoms with Gasteiger partial charge in [0.2, 0.25) is 0 Å². The minimum Gasteiger partial charge on any atom is -0.480 e. The van der Waals surface area contributed by atoms with Crippen LogP contribution in [0.1, 0.15) is 16.3 Å². The Morgan fingerprint density at radius 3 is 2.50 bits per heavy atom. The van der Waals surface area contributed by atoms with Gasteiger partial charge in [0, 0.05) is 17.0 Å². The van der Waals surface area contributed by atoms with E-state index >= 15 is 0 Å². The summed E-state index contributed by atoms with van der Waals surface area (Å²) >= 11 is 6.90. The van der Waals surface area contributed by atoms with Crippen molar-refractivity contribution in [1.82, 2.24) is 4.98 Å². The maximum Gasteiger partial charge on any atom is 0.191 e. The molecule has 0 aliphatic heterocycles. The van der Waals surface area contributed by atoms with E-state index in [4.69, 9.17) is 16.3 Å². The van der Waals surface area contributed by atoms with Gasteiger partial charge in [-0.2, -0.15) is 0 Å². The molecule has 0 amide bonds. The smallest absolute Gasteiger partial charge is 0.191 e. The molecular weight excluding hydrogens is 280 g/mol. The molecule has 0 saturated carbocycles. The molecule has 0 bridgehead atoms. The van der Waals surface area contributed by atoms with Crippen LogP contribution in [-0.2, 0) is 12.5 Å². The normalized spacial score (nSPS) is 10.7. The maximum atomic E-state index is 13.6. The van der Waals surface area contributed by atoms with E-state index in [0.717, 1.165) is 5.69 Å². The van der Waals surface area contributed by atoms with Crippen LogP contribution >= 0.6 is 22.9 Å². The number of aryl methyl sites for hydroxylation is 1. The van der Waals surface area contributed by atoms with Crippen molar-refractivity contribution in [3.05, 3.63) is 45.4 Å². The molecule has 1 aromatic carbocycles. The summed E-state index contributed by atoms with van der Waals surface area (Å²) in [7, 11) is 0. The van der Waals surface area contributed by atoms with Gasteiger partial charge >= 0.3 is 0 Å². The lowest BCUT2D eigenvalue weighted by Gasteiger charge is -2.08. The van der Waals surface area contributed by atoms with Crippen LogP contribution in [0.2, 0.25) is 0 Å². The number of hydrogen-bond acceptors (Lipinski definition) is 3. The van der Waals surface area contributed by atoms with Crippen LogP contribution < -0.4 is 4.74 Å². The third-order valence-corrected chi connectivity index (χ3v) is 3.47. The number of ether oxygens (including phenoxy) is 1. The highest BCUT2D eigenvalue weighted by Crippen LogP contribution is 2.25. The van der Waals surface area contributed by atoms with Crippen molar-refractivity contribution >= 4 is 22.9 Å². The lowest BCUT2D eigenvalue weighted by atomic mass is 10.2. The fourth-order valence-corrected chi connectivity index (χ4v) is 2.27. The molecule has 0 N–H and O–H groups in total. The van der Waals surface area contributed by atoms with E-state index in [1.165, 1.54) is 23.5 Å². The average molecular weight is 290 g/mol. The predicted molar refractivity (Wildman–Crippen MR) is 67.1 cm³/mol. The monoisotopic (exact) mass is 289 g/mol. The summed E-state index contributed by atoms with van der Waals surface area (Å²) in [4.78, 5) is 4.15. The Morgan fingerprint density at radius 1 is 1.33 bits per heavy atom. The van der Waals surface area contributed by atoms with E-state index in [-0.39, 0.29) is 12.5 Å².